The van der Waals surface area contributed by atoms with Crippen molar-refractivity contribution in [2.45, 2.75) is 6.04 Å². The van der Waals surface area contributed by atoms with E-state index in [0.29, 0.717) is 25.0 Å². The van der Waals surface area contributed by atoms with E-state index in [-0.39, 0.29) is 11.7 Å². The van der Waals surface area contributed by atoms with Gasteiger partial charge in [-0.05, 0) is 7.05 Å². The van der Waals surface area contributed by atoms with E-state index < -0.39 is 5.97 Å². The summed E-state index contributed by atoms with van der Waals surface area (Å²) in [7, 11) is 3.44. The topological polar surface area (TPSA) is 79.8 Å². The summed E-state index contributed by atoms with van der Waals surface area (Å²) in [6.07, 6.45) is 0. The number of esters is 1. The Morgan fingerprint density at radius 2 is 2.05 bits per heavy atom. The first-order valence-electron chi connectivity index (χ1n) is 7.41. The van der Waals surface area contributed by atoms with Crippen molar-refractivity contribution < 1.29 is 14.3 Å². The Labute approximate surface area is 129 Å². The molecule has 0 aromatic carbocycles. The molecule has 0 spiro atoms. The molecule has 0 aliphatic carbocycles. The number of carbonyl (C=O) groups is 1. The highest BCUT2D eigenvalue weighted by atomic mass is 16.5. The molecule has 0 bridgehead atoms. The standard InChI is InChI=1S/C14H21N5O3/c1-18-3-5-19(6-4-18)14-16-11(13(20)21-2)7-12(17-14)15-10-8-22-9-10/h7,10H,3-6,8-9H2,1-2H3,(H,15,16,17). The number of piperazine rings is 1. The number of aromatic nitrogens is 2. The van der Waals surface area contributed by atoms with Crippen LogP contribution < -0.4 is 10.2 Å². The van der Waals surface area contributed by atoms with Gasteiger partial charge in [0.05, 0.1) is 26.4 Å². The van der Waals surface area contributed by atoms with E-state index in [1.807, 2.05) is 0 Å². The summed E-state index contributed by atoms with van der Waals surface area (Å²) in [6.45, 7) is 4.89. The van der Waals surface area contributed by atoms with Crippen molar-refractivity contribution in [2.75, 3.05) is 63.8 Å². The van der Waals surface area contributed by atoms with Gasteiger partial charge in [0.1, 0.15) is 5.82 Å². The smallest absolute Gasteiger partial charge is 0.356 e. The summed E-state index contributed by atoms with van der Waals surface area (Å²) in [4.78, 5) is 25.1. The minimum absolute atomic E-state index is 0.237. The van der Waals surface area contributed by atoms with Gasteiger partial charge in [-0.2, -0.15) is 4.98 Å². The van der Waals surface area contributed by atoms with Gasteiger partial charge in [0, 0.05) is 32.2 Å². The number of carbonyl (C=O) groups excluding carboxylic acids is 1. The molecule has 3 heterocycles. The highest BCUT2D eigenvalue weighted by Gasteiger charge is 2.23. The highest BCUT2D eigenvalue weighted by molar-refractivity contribution is 5.88. The molecular weight excluding hydrogens is 286 g/mol. The summed E-state index contributed by atoms with van der Waals surface area (Å²) >= 11 is 0. The second-order valence-corrected chi connectivity index (χ2v) is 5.60. The van der Waals surface area contributed by atoms with Crippen molar-refractivity contribution in [1.29, 1.82) is 0 Å². The van der Waals surface area contributed by atoms with Crippen molar-refractivity contribution in [3.8, 4) is 0 Å². The van der Waals surface area contributed by atoms with E-state index in [9.17, 15) is 4.79 Å². The summed E-state index contributed by atoms with van der Waals surface area (Å²) < 4.78 is 9.94. The monoisotopic (exact) mass is 307 g/mol. The molecule has 0 atom stereocenters. The van der Waals surface area contributed by atoms with E-state index in [1.54, 1.807) is 6.07 Å². The maximum absolute atomic E-state index is 11.8. The van der Waals surface area contributed by atoms with Crippen LogP contribution in [0.1, 0.15) is 10.5 Å². The zero-order valence-corrected chi connectivity index (χ0v) is 12.9. The molecule has 0 amide bonds. The van der Waals surface area contributed by atoms with Gasteiger partial charge in [0.25, 0.3) is 0 Å². The minimum Gasteiger partial charge on any atom is -0.464 e. The van der Waals surface area contributed by atoms with Crippen LogP contribution in [0.2, 0.25) is 0 Å². The van der Waals surface area contributed by atoms with E-state index in [2.05, 4.69) is 32.1 Å². The average Bonchev–Trinajstić information content (AvgIpc) is 2.50. The highest BCUT2D eigenvalue weighted by Crippen LogP contribution is 2.18. The molecule has 120 valence electrons. The van der Waals surface area contributed by atoms with Crippen LogP contribution in [0.15, 0.2) is 6.07 Å². The second kappa shape index (κ2) is 6.45. The van der Waals surface area contributed by atoms with Gasteiger partial charge in [0.2, 0.25) is 5.95 Å². The Hall–Kier alpha value is -1.93. The Morgan fingerprint density at radius 3 is 2.64 bits per heavy atom. The van der Waals surface area contributed by atoms with Gasteiger partial charge in [-0.3, -0.25) is 0 Å². The predicted octanol–water partition coefficient (Wildman–Crippen LogP) is -0.174. The molecule has 1 aromatic heterocycles. The second-order valence-electron chi connectivity index (χ2n) is 5.60. The number of hydrogen-bond donors (Lipinski definition) is 1. The van der Waals surface area contributed by atoms with Crippen LogP contribution in [0.3, 0.4) is 0 Å². The van der Waals surface area contributed by atoms with Gasteiger partial charge in [-0.15, -0.1) is 0 Å². The van der Waals surface area contributed by atoms with E-state index >= 15 is 0 Å². The zero-order valence-electron chi connectivity index (χ0n) is 12.9. The number of nitrogens with zero attached hydrogens (tertiary/aromatic N) is 4. The maximum Gasteiger partial charge on any atom is 0.356 e. The molecule has 0 radical (unpaired) electrons. The molecule has 2 saturated heterocycles. The molecule has 0 saturated carbocycles. The molecule has 2 aliphatic rings. The third-order valence-electron chi connectivity index (χ3n) is 3.89. The zero-order chi connectivity index (χ0) is 15.5. The number of ether oxygens (including phenoxy) is 2. The lowest BCUT2D eigenvalue weighted by molar-refractivity contribution is 0.0209. The maximum atomic E-state index is 11.8. The first-order valence-corrected chi connectivity index (χ1v) is 7.41. The van der Waals surface area contributed by atoms with Crippen molar-refractivity contribution in [3.05, 3.63) is 11.8 Å². The number of rotatable bonds is 4. The normalized spacial score (nSPS) is 19.6. The predicted molar refractivity (Wildman–Crippen MR) is 81.3 cm³/mol. The molecule has 8 heteroatoms. The lowest BCUT2D eigenvalue weighted by Gasteiger charge is -2.33. The fourth-order valence-electron chi connectivity index (χ4n) is 2.39. The first-order chi connectivity index (χ1) is 10.7. The minimum atomic E-state index is -0.453. The number of anilines is 2. The lowest BCUT2D eigenvalue weighted by atomic mass is 10.2. The Kier molecular flexibility index (Phi) is 4.39. The van der Waals surface area contributed by atoms with Gasteiger partial charge in [0.15, 0.2) is 5.69 Å². The first kappa shape index (κ1) is 15.0. The van der Waals surface area contributed by atoms with Crippen molar-refractivity contribution in [3.63, 3.8) is 0 Å². The SMILES string of the molecule is COC(=O)c1cc(NC2COC2)nc(N2CCN(C)CC2)n1. The molecule has 8 nitrogen and oxygen atoms in total. The van der Waals surface area contributed by atoms with Crippen LogP contribution in [-0.4, -0.2) is 80.4 Å². The molecule has 2 fully saturated rings. The molecular formula is C14H21N5O3. The molecule has 0 unspecified atom stereocenters. The molecule has 2 aliphatic heterocycles. The fourth-order valence-corrected chi connectivity index (χ4v) is 2.39. The summed E-state index contributed by atoms with van der Waals surface area (Å²) in [6, 6.07) is 1.87. The van der Waals surface area contributed by atoms with Gasteiger partial charge in [-0.25, -0.2) is 9.78 Å². The van der Waals surface area contributed by atoms with E-state index in [0.717, 1.165) is 26.2 Å². The van der Waals surface area contributed by atoms with Crippen molar-refractivity contribution >= 4 is 17.7 Å². The van der Waals surface area contributed by atoms with Crippen molar-refractivity contribution in [1.82, 2.24) is 14.9 Å². The molecule has 1 aromatic rings. The number of methoxy groups -OCH3 is 1. The number of likely N-dealkylation sites (N-methyl/N-ethyl adjacent to an activating group) is 1. The van der Waals surface area contributed by atoms with Gasteiger partial charge in [-0.1, -0.05) is 0 Å². The van der Waals surface area contributed by atoms with Crippen LogP contribution in [0.5, 0.6) is 0 Å². The quantitative estimate of drug-likeness (QED) is 0.768. The number of hydrogen-bond acceptors (Lipinski definition) is 8. The number of nitrogens with one attached hydrogen (secondary N) is 1. The van der Waals surface area contributed by atoms with Crippen LogP contribution in [0, 0.1) is 0 Å². The van der Waals surface area contributed by atoms with Gasteiger partial charge < -0.3 is 24.6 Å². The van der Waals surface area contributed by atoms with Crippen LogP contribution in [-0.2, 0) is 9.47 Å². The van der Waals surface area contributed by atoms with Crippen LogP contribution >= 0.6 is 0 Å². The molecule has 22 heavy (non-hydrogen) atoms. The van der Waals surface area contributed by atoms with E-state index in [1.165, 1.54) is 7.11 Å². The Balaban J connectivity index is 1.83. The molecule has 1 N–H and O–H groups in total. The Bertz CT molecular complexity index is 541. The Morgan fingerprint density at radius 1 is 1.32 bits per heavy atom. The lowest BCUT2D eigenvalue weighted by Crippen LogP contribution is -2.45. The summed E-state index contributed by atoms with van der Waals surface area (Å²) in [5, 5.41) is 3.27. The largest absolute Gasteiger partial charge is 0.464 e. The third kappa shape index (κ3) is 3.28. The summed E-state index contributed by atoms with van der Waals surface area (Å²) in [5.41, 5.74) is 0.272. The third-order valence-corrected chi connectivity index (χ3v) is 3.89. The van der Waals surface area contributed by atoms with Gasteiger partial charge >= 0.3 is 5.97 Å². The van der Waals surface area contributed by atoms with Crippen LogP contribution in [0.4, 0.5) is 11.8 Å². The fraction of sp³-hybridized carbons (Fsp3) is 0.643. The summed E-state index contributed by atoms with van der Waals surface area (Å²) in [5.74, 6) is 0.752. The van der Waals surface area contributed by atoms with E-state index in [4.69, 9.17) is 9.47 Å². The molecule has 3 rings (SSSR count). The van der Waals surface area contributed by atoms with Crippen LogP contribution in [0.25, 0.3) is 0 Å². The van der Waals surface area contributed by atoms with Crippen molar-refractivity contribution in [2.24, 2.45) is 0 Å². The average molecular weight is 307 g/mol.